The molecule has 8 heteroatoms. The maximum absolute atomic E-state index is 13.2. The third kappa shape index (κ3) is 3.43. The molecule has 3 aromatic heterocycles. The lowest BCUT2D eigenvalue weighted by molar-refractivity contribution is 0.0914. The molecular formula is C17H16FN5OS. The fraction of sp³-hybridized carbons (Fsp3) is 0.294. The van der Waals surface area contributed by atoms with Gasteiger partial charge < -0.3 is 10.6 Å². The first-order valence-electron chi connectivity index (χ1n) is 8.08. The van der Waals surface area contributed by atoms with E-state index in [-0.39, 0.29) is 11.9 Å². The molecule has 6 nitrogen and oxygen atoms in total. The molecule has 1 saturated carbocycles. The third-order valence-electron chi connectivity index (χ3n) is 4.17. The second kappa shape index (κ2) is 6.72. The topological polar surface area (TPSA) is 79.8 Å². The molecule has 2 N–H and O–H groups in total. The lowest BCUT2D eigenvalue weighted by Gasteiger charge is -2.26. The van der Waals surface area contributed by atoms with E-state index in [0.29, 0.717) is 23.8 Å². The van der Waals surface area contributed by atoms with Gasteiger partial charge in [-0.1, -0.05) is 0 Å². The highest BCUT2D eigenvalue weighted by Gasteiger charge is 2.23. The minimum absolute atomic E-state index is 0.171. The van der Waals surface area contributed by atoms with Gasteiger partial charge in [-0.05, 0) is 42.3 Å². The van der Waals surface area contributed by atoms with Gasteiger partial charge in [0.2, 0.25) is 5.95 Å². The fourth-order valence-electron chi connectivity index (χ4n) is 2.64. The average molecular weight is 357 g/mol. The number of hydrogen-bond donors (Lipinski definition) is 2. The number of rotatable bonds is 5. The van der Waals surface area contributed by atoms with E-state index < -0.39 is 5.82 Å². The van der Waals surface area contributed by atoms with Crippen molar-refractivity contribution < 1.29 is 9.18 Å². The standard InChI is InChI=1S/C17H16FN5OS/c18-11-6-10(7-19-9-11)8-20-17-22-13-4-5-25-15(13)14(23-17)16(24)21-12-2-1-3-12/h4-7,9,12H,1-3,8H2,(H,21,24)(H,20,22,23). The molecule has 0 aliphatic heterocycles. The summed E-state index contributed by atoms with van der Waals surface area (Å²) in [4.78, 5) is 25.2. The zero-order valence-electron chi connectivity index (χ0n) is 13.3. The Morgan fingerprint density at radius 1 is 1.32 bits per heavy atom. The van der Waals surface area contributed by atoms with Crippen molar-refractivity contribution in [3.05, 3.63) is 47.0 Å². The largest absolute Gasteiger partial charge is 0.350 e. The Morgan fingerprint density at radius 2 is 2.20 bits per heavy atom. The highest BCUT2D eigenvalue weighted by Crippen LogP contribution is 2.25. The van der Waals surface area contributed by atoms with E-state index in [4.69, 9.17) is 0 Å². The monoisotopic (exact) mass is 357 g/mol. The van der Waals surface area contributed by atoms with Crippen LogP contribution in [0.25, 0.3) is 10.2 Å². The van der Waals surface area contributed by atoms with Crippen LogP contribution in [-0.4, -0.2) is 26.9 Å². The van der Waals surface area contributed by atoms with E-state index in [9.17, 15) is 9.18 Å². The number of amides is 1. The minimum atomic E-state index is -0.394. The van der Waals surface area contributed by atoms with Crippen molar-refractivity contribution in [2.75, 3.05) is 5.32 Å². The molecule has 1 aliphatic rings. The lowest BCUT2D eigenvalue weighted by atomic mass is 9.93. The van der Waals surface area contributed by atoms with Crippen molar-refractivity contribution in [3.8, 4) is 0 Å². The van der Waals surface area contributed by atoms with Gasteiger partial charge in [0.1, 0.15) is 5.82 Å². The Kier molecular flexibility index (Phi) is 4.27. The number of thiophene rings is 1. The molecular weight excluding hydrogens is 341 g/mol. The Hall–Kier alpha value is -2.61. The number of aromatic nitrogens is 3. The van der Waals surface area contributed by atoms with Crippen molar-refractivity contribution in [2.45, 2.75) is 31.8 Å². The number of anilines is 1. The van der Waals surface area contributed by atoms with E-state index in [1.165, 1.54) is 17.4 Å². The van der Waals surface area contributed by atoms with Gasteiger partial charge in [0.05, 0.1) is 16.4 Å². The molecule has 0 bridgehead atoms. The van der Waals surface area contributed by atoms with Crippen LogP contribution in [0.15, 0.2) is 29.9 Å². The van der Waals surface area contributed by atoms with Crippen molar-refractivity contribution >= 4 is 33.4 Å². The molecule has 128 valence electrons. The summed E-state index contributed by atoms with van der Waals surface area (Å²) in [5, 5.41) is 7.94. The van der Waals surface area contributed by atoms with E-state index in [0.717, 1.165) is 35.7 Å². The lowest BCUT2D eigenvalue weighted by Crippen LogP contribution is -2.39. The van der Waals surface area contributed by atoms with Gasteiger partial charge in [-0.15, -0.1) is 11.3 Å². The average Bonchev–Trinajstić information content (AvgIpc) is 3.04. The normalized spacial score (nSPS) is 14.3. The number of carbonyl (C=O) groups excluding carboxylic acids is 1. The van der Waals surface area contributed by atoms with Crippen LogP contribution < -0.4 is 10.6 Å². The smallest absolute Gasteiger partial charge is 0.271 e. The van der Waals surface area contributed by atoms with Gasteiger partial charge in [-0.2, -0.15) is 0 Å². The first-order chi connectivity index (χ1) is 12.2. The number of fused-ring (bicyclic) bond motifs is 1. The molecule has 0 aromatic carbocycles. The predicted octanol–water partition coefficient (Wildman–Crippen LogP) is 3.12. The van der Waals surface area contributed by atoms with E-state index in [2.05, 4.69) is 25.6 Å². The summed E-state index contributed by atoms with van der Waals surface area (Å²) >= 11 is 1.45. The number of carbonyl (C=O) groups is 1. The molecule has 0 radical (unpaired) electrons. The Morgan fingerprint density at radius 3 is 2.96 bits per heavy atom. The molecule has 0 unspecified atom stereocenters. The minimum Gasteiger partial charge on any atom is -0.350 e. The SMILES string of the molecule is O=C(NC1CCC1)c1nc(NCc2cncc(F)c2)nc2ccsc12. The number of nitrogens with one attached hydrogen (secondary N) is 2. The molecule has 1 aliphatic carbocycles. The van der Waals surface area contributed by atoms with Crippen LogP contribution in [0.1, 0.15) is 35.3 Å². The van der Waals surface area contributed by atoms with Crippen LogP contribution in [-0.2, 0) is 6.54 Å². The predicted molar refractivity (Wildman–Crippen MR) is 94.0 cm³/mol. The van der Waals surface area contributed by atoms with Crippen LogP contribution in [0, 0.1) is 5.82 Å². The van der Waals surface area contributed by atoms with Crippen LogP contribution in [0.4, 0.5) is 10.3 Å². The van der Waals surface area contributed by atoms with Crippen molar-refractivity contribution in [1.82, 2.24) is 20.3 Å². The van der Waals surface area contributed by atoms with E-state index >= 15 is 0 Å². The highest BCUT2D eigenvalue weighted by atomic mass is 32.1. The quantitative estimate of drug-likeness (QED) is 0.733. The first kappa shape index (κ1) is 15.9. The molecule has 3 aromatic rings. The van der Waals surface area contributed by atoms with Gasteiger partial charge in [-0.25, -0.2) is 14.4 Å². The number of nitrogens with zero attached hydrogens (tertiary/aromatic N) is 3. The van der Waals surface area contributed by atoms with Crippen molar-refractivity contribution in [1.29, 1.82) is 0 Å². The van der Waals surface area contributed by atoms with E-state index in [1.807, 2.05) is 11.4 Å². The zero-order chi connectivity index (χ0) is 17.2. The summed E-state index contributed by atoms with van der Waals surface area (Å²) in [6, 6.07) is 3.50. The fourth-order valence-corrected chi connectivity index (χ4v) is 3.45. The van der Waals surface area contributed by atoms with Crippen molar-refractivity contribution in [2.24, 2.45) is 0 Å². The van der Waals surface area contributed by atoms with Gasteiger partial charge in [0.15, 0.2) is 5.69 Å². The maximum Gasteiger partial charge on any atom is 0.271 e. The zero-order valence-corrected chi connectivity index (χ0v) is 14.1. The molecule has 1 amide bonds. The first-order valence-corrected chi connectivity index (χ1v) is 8.96. The second-order valence-corrected chi connectivity index (χ2v) is 6.91. The Balaban J connectivity index is 1.57. The molecule has 1 fully saturated rings. The van der Waals surface area contributed by atoms with Crippen LogP contribution >= 0.6 is 11.3 Å². The Bertz CT molecular complexity index is 924. The molecule has 25 heavy (non-hydrogen) atoms. The summed E-state index contributed by atoms with van der Waals surface area (Å²) < 4.78 is 14.0. The van der Waals surface area contributed by atoms with Crippen molar-refractivity contribution in [3.63, 3.8) is 0 Å². The highest BCUT2D eigenvalue weighted by molar-refractivity contribution is 7.17. The van der Waals surface area contributed by atoms with Crippen LogP contribution in [0.2, 0.25) is 0 Å². The van der Waals surface area contributed by atoms with Gasteiger partial charge in [0.25, 0.3) is 5.91 Å². The summed E-state index contributed by atoms with van der Waals surface area (Å²) in [6.45, 7) is 0.323. The molecule has 0 atom stereocenters. The summed E-state index contributed by atoms with van der Waals surface area (Å²) in [7, 11) is 0. The van der Waals surface area contributed by atoms with Gasteiger partial charge >= 0.3 is 0 Å². The number of hydrogen-bond acceptors (Lipinski definition) is 6. The number of pyridine rings is 1. The maximum atomic E-state index is 13.2. The molecule has 0 saturated heterocycles. The van der Waals surface area contributed by atoms with E-state index in [1.54, 1.807) is 6.20 Å². The summed E-state index contributed by atoms with van der Waals surface area (Å²) in [5.41, 5.74) is 1.78. The van der Waals surface area contributed by atoms with Gasteiger partial charge in [0, 0.05) is 18.8 Å². The Labute approximate surface area is 147 Å². The summed E-state index contributed by atoms with van der Waals surface area (Å²) in [5.74, 6) is -0.224. The summed E-state index contributed by atoms with van der Waals surface area (Å²) in [6.07, 6.45) is 5.91. The molecule has 4 rings (SSSR count). The van der Waals surface area contributed by atoms with Gasteiger partial charge in [-0.3, -0.25) is 9.78 Å². The van der Waals surface area contributed by atoms with Crippen LogP contribution in [0.3, 0.4) is 0 Å². The van der Waals surface area contributed by atoms with Crippen LogP contribution in [0.5, 0.6) is 0 Å². The number of halogens is 1. The third-order valence-corrected chi connectivity index (χ3v) is 5.08. The second-order valence-electron chi connectivity index (χ2n) is 6.00. The molecule has 3 heterocycles. The molecule has 0 spiro atoms.